The van der Waals surface area contributed by atoms with Gasteiger partial charge in [0.15, 0.2) is 0 Å². The highest BCUT2D eigenvalue weighted by Crippen LogP contribution is 2.20. The van der Waals surface area contributed by atoms with E-state index in [1.807, 2.05) is 40.5 Å². The summed E-state index contributed by atoms with van der Waals surface area (Å²) in [7, 11) is 1.40. The lowest BCUT2D eigenvalue weighted by atomic mass is 10.3. The highest BCUT2D eigenvalue weighted by atomic mass is 32.2. The number of hydrogen-bond acceptors (Lipinski definition) is 3. The second kappa shape index (κ2) is 4.40. The molecule has 1 aromatic carbocycles. The standard InChI is InChI=1S/C11H11NO2S/c1-14-11(13)8-15-12-7-6-9-4-2-3-5-10(9)12/h2-7H,8H2,1H3. The first-order valence-corrected chi connectivity index (χ1v) is 5.51. The summed E-state index contributed by atoms with van der Waals surface area (Å²) in [5, 5.41) is 1.18. The molecule has 0 fully saturated rings. The quantitative estimate of drug-likeness (QED) is 0.745. The Morgan fingerprint density at radius 3 is 3.00 bits per heavy atom. The molecular formula is C11H11NO2S. The number of fused-ring (bicyclic) bond motifs is 1. The fourth-order valence-corrected chi connectivity index (χ4v) is 2.17. The summed E-state index contributed by atoms with van der Waals surface area (Å²) < 4.78 is 6.57. The Labute approximate surface area is 92.2 Å². The van der Waals surface area contributed by atoms with Crippen LogP contribution in [-0.2, 0) is 9.53 Å². The summed E-state index contributed by atoms with van der Waals surface area (Å²) in [6.07, 6.45) is 1.96. The molecule has 1 heterocycles. The highest BCUT2D eigenvalue weighted by Gasteiger charge is 2.04. The van der Waals surface area contributed by atoms with Crippen LogP contribution in [0.3, 0.4) is 0 Å². The van der Waals surface area contributed by atoms with Gasteiger partial charge in [0.1, 0.15) is 5.75 Å². The summed E-state index contributed by atoms with van der Waals surface area (Å²) in [5.74, 6) is 0.118. The Kier molecular flexibility index (Phi) is 2.97. The zero-order chi connectivity index (χ0) is 10.7. The minimum atomic E-state index is -0.210. The van der Waals surface area contributed by atoms with E-state index in [2.05, 4.69) is 4.74 Å². The first-order chi connectivity index (χ1) is 7.31. The van der Waals surface area contributed by atoms with Crippen molar-refractivity contribution < 1.29 is 9.53 Å². The Hall–Kier alpha value is -1.42. The zero-order valence-electron chi connectivity index (χ0n) is 8.34. The third kappa shape index (κ3) is 2.15. The van der Waals surface area contributed by atoms with Crippen molar-refractivity contribution in [3.63, 3.8) is 0 Å². The molecule has 0 radical (unpaired) electrons. The van der Waals surface area contributed by atoms with Crippen molar-refractivity contribution in [1.82, 2.24) is 3.97 Å². The van der Waals surface area contributed by atoms with Crippen molar-refractivity contribution in [2.24, 2.45) is 0 Å². The van der Waals surface area contributed by atoms with Crippen LogP contribution in [0.1, 0.15) is 0 Å². The molecule has 4 heteroatoms. The maximum atomic E-state index is 11.0. The summed E-state index contributed by atoms with van der Waals surface area (Å²) in [6.45, 7) is 0. The number of rotatable bonds is 3. The van der Waals surface area contributed by atoms with Gasteiger partial charge in [0.25, 0.3) is 0 Å². The van der Waals surface area contributed by atoms with Crippen LogP contribution >= 0.6 is 11.9 Å². The Balaban J connectivity index is 2.18. The topological polar surface area (TPSA) is 31.2 Å². The van der Waals surface area contributed by atoms with E-state index in [1.54, 1.807) is 0 Å². The largest absolute Gasteiger partial charge is 0.468 e. The number of carbonyl (C=O) groups is 1. The maximum Gasteiger partial charge on any atom is 0.317 e. The smallest absolute Gasteiger partial charge is 0.317 e. The van der Waals surface area contributed by atoms with Gasteiger partial charge < -0.3 is 4.74 Å². The number of benzene rings is 1. The molecular weight excluding hydrogens is 210 g/mol. The molecule has 0 saturated carbocycles. The molecule has 78 valence electrons. The molecule has 0 aliphatic heterocycles. The van der Waals surface area contributed by atoms with E-state index < -0.39 is 0 Å². The van der Waals surface area contributed by atoms with Gasteiger partial charge in [-0.2, -0.15) is 0 Å². The fraction of sp³-hybridized carbons (Fsp3) is 0.182. The normalized spacial score (nSPS) is 10.5. The van der Waals surface area contributed by atoms with Gasteiger partial charge in [-0.25, -0.2) is 0 Å². The van der Waals surface area contributed by atoms with Gasteiger partial charge in [0.05, 0.1) is 12.6 Å². The average Bonchev–Trinajstić information content (AvgIpc) is 2.69. The predicted octanol–water partition coefficient (Wildman–Crippen LogP) is 2.31. The summed E-state index contributed by atoms with van der Waals surface area (Å²) in [5.41, 5.74) is 1.12. The Bertz CT molecular complexity index is 478. The van der Waals surface area contributed by atoms with E-state index >= 15 is 0 Å². The SMILES string of the molecule is COC(=O)CSn1ccc2ccccc21. The zero-order valence-corrected chi connectivity index (χ0v) is 9.16. The second-order valence-corrected chi connectivity index (χ2v) is 3.99. The second-order valence-electron chi connectivity index (χ2n) is 3.05. The number of ether oxygens (including phenoxy) is 1. The number of hydrogen-bond donors (Lipinski definition) is 0. The molecule has 15 heavy (non-hydrogen) atoms. The first kappa shape index (κ1) is 10.1. The lowest BCUT2D eigenvalue weighted by molar-refractivity contribution is -0.137. The van der Waals surface area contributed by atoms with Gasteiger partial charge >= 0.3 is 5.97 Å². The van der Waals surface area contributed by atoms with Gasteiger partial charge in [-0.3, -0.25) is 8.77 Å². The lowest BCUT2D eigenvalue weighted by Gasteiger charge is -2.02. The average molecular weight is 221 g/mol. The van der Waals surface area contributed by atoms with Crippen molar-refractivity contribution in [3.05, 3.63) is 36.5 Å². The minimum absolute atomic E-state index is 0.210. The van der Waals surface area contributed by atoms with Crippen LogP contribution in [0.4, 0.5) is 0 Å². The highest BCUT2D eigenvalue weighted by molar-refractivity contribution is 7.98. The maximum absolute atomic E-state index is 11.0. The van der Waals surface area contributed by atoms with E-state index in [1.165, 1.54) is 24.4 Å². The molecule has 3 nitrogen and oxygen atoms in total. The summed E-state index contributed by atoms with van der Waals surface area (Å²) >= 11 is 1.43. The van der Waals surface area contributed by atoms with Crippen LogP contribution in [0.25, 0.3) is 10.9 Å². The van der Waals surface area contributed by atoms with Gasteiger partial charge in [-0.15, -0.1) is 0 Å². The molecule has 0 bridgehead atoms. The van der Waals surface area contributed by atoms with Gasteiger partial charge in [0, 0.05) is 11.6 Å². The molecule has 2 rings (SSSR count). The van der Waals surface area contributed by atoms with Gasteiger partial charge in [-0.1, -0.05) is 18.2 Å². The summed E-state index contributed by atoms with van der Waals surface area (Å²) in [6, 6.07) is 10.1. The third-order valence-electron chi connectivity index (χ3n) is 2.11. The molecule has 2 aromatic rings. The van der Waals surface area contributed by atoms with Crippen LogP contribution in [0, 0.1) is 0 Å². The van der Waals surface area contributed by atoms with E-state index in [0.29, 0.717) is 5.75 Å². The van der Waals surface area contributed by atoms with Crippen molar-refractivity contribution in [2.45, 2.75) is 0 Å². The van der Waals surface area contributed by atoms with Crippen molar-refractivity contribution >= 4 is 28.8 Å². The summed E-state index contributed by atoms with van der Waals surface area (Å²) in [4.78, 5) is 11.0. The minimum Gasteiger partial charge on any atom is -0.468 e. The number of methoxy groups -OCH3 is 1. The van der Waals surface area contributed by atoms with Gasteiger partial charge in [-0.05, 0) is 24.1 Å². The molecule has 0 aliphatic carbocycles. The van der Waals surface area contributed by atoms with Crippen LogP contribution in [0.15, 0.2) is 36.5 Å². The molecule has 0 unspecified atom stereocenters. The molecule has 0 N–H and O–H groups in total. The number of nitrogens with zero attached hydrogens (tertiary/aromatic N) is 1. The van der Waals surface area contributed by atoms with Crippen molar-refractivity contribution in [2.75, 3.05) is 12.9 Å². The molecule has 0 saturated heterocycles. The lowest BCUT2D eigenvalue weighted by Crippen LogP contribution is -2.04. The third-order valence-corrected chi connectivity index (χ3v) is 3.07. The van der Waals surface area contributed by atoms with E-state index in [-0.39, 0.29) is 5.97 Å². The number of esters is 1. The van der Waals surface area contributed by atoms with Crippen molar-refractivity contribution in [3.8, 4) is 0 Å². The molecule has 1 aromatic heterocycles. The van der Waals surface area contributed by atoms with Crippen LogP contribution < -0.4 is 0 Å². The fourth-order valence-electron chi connectivity index (χ4n) is 1.35. The Morgan fingerprint density at radius 1 is 1.40 bits per heavy atom. The predicted molar refractivity (Wildman–Crippen MR) is 61.8 cm³/mol. The number of para-hydroxylation sites is 1. The number of carbonyl (C=O) groups excluding carboxylic acids is 1. The van der Waals surface area contributed by atoms with Crippen LogP contribution in [0.5, 0.6) is 0 Å². The first-order valence-electron chi connectivity index (χ1n) is 4.57. The molecule has 0 amide bonds. The van der Waals surface area contributed by atoms with E-state index in [9.17, 15) is 4.79 Å². The van der Waals surface area contributed by atoms with Crippen LogP contribution in [-0.4, -0.2) is 22.8 Å². The van der Waals surface area contributed by atoms with Gasteiger partial charge in [0.2, 0.25) is 0 Å². The van der Waals surface area contributed by atoms with E-state index in [0.717, 1.165) is 5.52 Å². The molecule has 0 atom stereocenters. The Morgan fingerprint density at radius 2 is 2.20 bits per heavy atom. The van der Waals surface area contributed by atoms with E-state index in [4.69, 9.17) is 0 Å². The van der Waals surface area contributed by atoms with Crippen LogP contribution in [0.2, 0.25) is 0 Å². The molecule has 0 spiro atoms. The molecule has 0 aliphatic rings. The monoisotopic (exact) mass is 221 g/mol. The van der Waals surface area contributed by atoms with Crippen molar-refractivity contribution in [1.29, 1.82) is 0 Å². The number of aromatic nitrogens is 1.